The van der Waals surface area contributed by atoms with Crippen LogP contribution in [0.5, 0.6) is 0 Å². The minimum Gasteiger partial charge on any atom is -0.476 e. The predicted molar refractivity (Wildman–Crippen MR) is 56.5 cm³/mol. The van der Waals surface area contributed by atoms with E-state index in [-0.39, 0.29) is 21.5 Å². The minimum atomic E-state index is -1.29. The van der Waals surface area contributed by atoms with Crippen molar-refractivity contribution in [2.45, 2.75) is 0 Å². The van der Waals surface area contributed by atoms with Gasteiger partial charge in [0.1, 0.15) is 11.6 Å². The Balaban J connectivity index is 2.52. The molecule has 1 aromatic heterocycles. The second-order valence-corrected chi connectivity index (χ2v) is 3.98. The third kappa shape index (κ3) is 2.19. The van der Waals surface area contributed by atoms with E-state index in [1.165, 1.54) is 0 Å². The average molecular weight is 304 g/mol. The molecule has 0 fully saturated rings. The molecule has 17 heavy (non-hydrogen) atoms. The van der Waals surface area contributed by atoms with Gasteiger partial charge >= 0.3 is 5.97 Å². The maximum Gasteiger partial charge on any atom is 0.358 e. The number of carboxylic acids is 1. The van der Waals surface area contributed by atoms with E-state index in [4.69, 9.17) is 5.11 Å². The van der Waals surface area contributed by atoms with Gasteiger partial charge < -0.3 is 9.63 Å². The van der Waals surface area contributed by atoms with Crippen LogP contribution >= 0.6 is 15.9 Å². The van der Waals surface area contributed by atoms with E-state index in [1.807, 2.05) is 0 Å². The summed E-state index contributed by atoms with van der Waals surface area (Å²) in [4.78, 5) is 10.6. The quantitative estimate of drug-likeness (QED) is 0.866. The fourth-order valence-electron chi connectivity index (χ4n) is 1.21. The minimum absolute atomic E-state index is 0.0437. The fourth-order valence-corrected chi connectivity index (χ4v) is 1.56. The van der Waals surface area contributed by atoms with Crippen LogP contribution in [0.15, 0.2) is 27.2 Å². The summed E-state index contributed by atoms with van der Waals surface area (Å²) >= 11 is 2.89. The summed E-state index contributed by atoms with van der Waals surface area (Å²) in [7, 11) is 0. The summed E-state index contributed by atoms with van der Waals surface area (Å²) in [6.45, 7) is 0. The van der Waals surface area contributed by atoms with Crippen molar-refractivity contribution < 1.29 is 23.2 Å². The van der Waals surface area contributed by atoms with Gasteiger partial charge in [0.2, 0.25) is 0 Å². The van der Waals surface area contributed by atoms with Crippen LogP contribution in [-0.2, 0) is 0 Å². The lowest BCUT2D eigenvalue weighted by Crippen LogP contribution is -1.94. The molecule has 0 spiro atoms. The maximum absolute atomic E-state index is 13.4. The van der Waals surface area contributed by atoms with Crippen LogP contribution in [0, 0.1) is 11.6 Å². The maximum atomic E-state index is 13.4. The molecule has 2 rings (SSSR count). The van der Waals surface area contributed by atoms with Crippen LogP contribution in [0.4, 0.5) is 8.78 Å². The zero-order chi connectivity index (χ0) is 12.6. The summed E-state index contributed by atoms with van der Waals surface area (Å²) in [6.07, 6.45) is 0. The molecule has 88 valence electrons. The van der Waals surface area contributed by atoms with Crippen molar-refractivity contribution in [1.82, 2.24) is 5.16 Å². The second kappa shape index (κ2) is 4.25. The lowest BCUT2D eigenvalue weighted by atomic mass is 10.1. The molecule has 0 amide bonds. The van der Waals surface area contributed by atoms with Gasteiger partial charge in [-0.2, -0.15) is 0 Å². The van der Waals surface area contributed by atoms with E-state index in [2.05, 4.69) is 25.6 Å². The van der Waals surface area contributed by atoms with Gasteiger partial charge in [-0.25, -0.2) is 13.6 Å². The lowest BCUT2D eigenvalue weighted by molar-refractivity contribution is 0.0686. The summed E-state index contributed by atoms with van der Waals surface area (Å²) in [5, 5.41) is 11.9. The molecule has 0 aliphatic rings. The molecule has 4 nitrogen and oxygen atoms in total. The summed E-state index contributed by atoms with van der Waals surface area (Å²) in [6, 6.07) is 2.88. The molecule has 2 aromatic rings. The van der Waals surface area contributed by atoms with Crippen LogP contribution in [0.1, 0.15) is 10.5 Å². The third-order valence-electron chi connectivity index (χ3n) is 2.00. The zero-order valence-corrected chi connectivity index (χ0v) is 9.66. The van der Waals surface area contributed by atoms with Gasteiger partial charge in [-0.1, -0.05) is 5.16 Å². The van der Waals surface area contributed by atoms with E-state index >= 15 is 0 Å². The normalized spacial score (nSPS) is 10.5. The van der Waals surface area contributed by atoms with E-state index in [1.54, 1.807) is 0 Å². The van der Waals surface area contributed by atoms with Gasteiger partial charge in [0.05, 0.1) is 10.0 Å². The number of rotatable bonds is 2. The van der Waals surface area contributed by atoms with Gasteiger partial charge in [-0.3, -0.25) is 0 Å². The fraction of sp³-hybridized carbons (Fsp3) is 0. The predicted octanol–water partition coefficient (Wildman–Crippen LogP) is 3.08. The molecular formula is C10H4BrF2NO3. The Labute approximate surface area is 102 Å². The standard InChI is InChI=1S/C10H4BrF2NO3/c11-5-1-4(6(12)2-7(5)13)9-3-8(10(15)16)14-17-9/h1-3H,(H,15,16). The van der Waals surface area contributed by atoms with Gasteiger partial charge in [0.15, 0.2) is 11.5 Å². The van der Waals surface area contributed by atoms with Crippen molar-refractivity contribution in [3.05, 3.63) is 40.0 Å². The SMILES string of the molecule is O=C(O)c1cc(-c2cc(Br)c(F)cc2F)on1. The molecule has 0 saturated carbocycles. The van der Waals surface area contributed by atoms with Crippen molar-refractivity contribution in [2.75, 3.05) is 0 Å². The molecule has 1 N–H and O–H groups in total. The Hall–Kier alpha value is -1.76. The topological polar surface area (TPSA) is 63.3 Å². The molecular weight excluding hydrogens is 300 g/mol. The first kappa shape index (κ1) is 11.7. The molecule has 0 atom stereocenters. The van der Waals surface area contributed by atoms with Crippen LogP contribution in [-0.4, -0.2) is 16.2 Å². The molecule has 0 radical (unpaired) electrons. The molecule has 1 heterocycles. The number of benzene rings is 1. The Morgan fingerprint density at radius 2 is 2.00 bits per heavy atom. The molecule has 1 aromatic carbocycles. The molecule has 0 unspecified atom stereocenters. The van der Waals surface area contributed by atoms with Gasteiger partial charge in [-0.05, 0) is 22.0 Å². The number of nitrogens with zero attached hydrogens (tertiary/aromatic N) is 1. The summed E-state index contributed by atoms with van der Waals surface area (Å²) in [5.74, 6) is -3.00. The zero-order valence-electron chi connectivity index (χ0n) is 8.08. The molecule has 0 aliphatic carbocycles. The Morgan fingerprint density at radius 3 is 2.59 bits per heavy atom. The van der Waals surface area contributed by atoms with Crippen LogP contribution in [0.2, 0.25) is 0 Å². The molecule has 7 heteroatoms. The number of hydrogen-bond donors (Lipinski definition) is 1. The number of aromatic nitrogens is 1. The van der Waals surface area contributed by atoms with Crippen molar-refractivity contribution >= 4 is 21.9 Å². The highest BCUT2D eigenvalue weighted by atomic mass is 79.9. The first-order valence-corrected chi connectivity index (χ1v) is 5.13. The Kier molecular flexibility index (Phi) is 2.93. The first-order chi connectivity index (χ1) is 7.99. The Morgan fingerprint density at radius 1 is 1.29 bits per heavy atom. The largest absolute Gasteiger partial charge is 0.476 e. The number of aromatic carboxylic acids is 1. The number of carbonyl (C=O) groups is 1. The summed E-state index contributed by atoms with van der Waals surface area (Å²) in [5.41, 5.74) is -0.418. The summed E-state index contributed by atoms with van der Waals surface area (Å²) < 4.78 is 31.1. The van der Waals surface area contributed by atoms with Gasteiger partial charge in [0.25, 0.3) is 0 Å². The highest BCUT2D eigenvalue weighted by Gasteiger charge is 2.17. The third-order valence-corrected chi connectivity index (χ3v) is 2.61. The van der Waals surface area contributed by atoms with Crippen LogP contribution in [0.3, 0.4) is 0 Å². The van der Waals surface area contributed by atoms with Gasteiger partial charge in [0, 0.05) is 12.1 Å². The molecule has 0 bridgehead atoms. The number of halogens is 3. The number of carboxylic acid groups (broad SMARTS) is 1. The lowest BCUT2D eigenvalue weighted by Gasteiger charge is -2.00. The first-order valence-electron chi connectivity index (χ1n) is 4.34. The molecule has 0 saturated heterocycles. The van der Waals surface area contributed by atoms with Gasteiger partial charge in [-0.15, -0.1) is 0 Å². The van der Waals surface area contributed by atoms with Crippen molar-refractivity contribution in [3.63, 3.8) is 0 Å². The van der Waals surface area contributed by atoms with Crippen LogP contribution < -0.4 is 0 Å². The Bertz CT molecular complexity index is 597. The highest BCUT2D eigenvalue weighted by molar-refractivity contribution is 9.10. The average Bonchev–Trinajstić information content (AvgIpc) is 2.72. The van der Waals surface area contributed by atoms with Crippen LogP contribution in [0.25, 0.3) is 11.3 Å². The monoisotopic (exact) mass is 303 g/mol. The van der Waals surface area contributed by atoms with E-state index in [0.717, 1.165) is 12.1 Å². The van der Waals surface area contributed by atoms with E-state index < -0.39 is 17.6 Å². The second-order valence-electron chi connectivity index (χ2n) is 3.13. The van der Waals surface area contributed by atoms with E-state index in [0.29, 0.717) is 6.07 Å². The number of hydrogen-bond acceptors (Lipinski definition) is 3. The molecule has 0 aliphatic heterocycles. The van der Waals surface area contributed by atoms with Crippen molar-refractivity contribution in [3.8, 4) is 11.3 Å². The highest BCUT2D eigenvalue weighted by Crippen LogP contribution is 2.28. The van der Waals surface area contributed by atoms with E-state index in [9.17, 15) is 13.6 Å². The van der Waals surface area contributed by atoms with Crippen molar-refractivity contribution in [1.29, 1.82) is 0 Å². The van der Waals surface area contributed by atoms with Crippen molar-refractivity contribution in [2.24, 2.45) is 0 Å². The smallest absolute Gasteiger partial charge is 0.358 e.